The fourth-order valence-electron chi connectivity index (χ4n) is 1.33. The van der Waals surface area contributed by atoms with Gasteiger partial charge in [-0.15, -0.1) is 0 Å². The van der Waals surface area contributed by atoms with Crippen molar-refractivity contribution < 1.29 is 14.7 Å². The second-order valence-corrected chi connectivity index (χ2v) is 3.88. The molecule has 2 atom stereocenters. The van der Waals surface area contributed by atoms with E-state index in [-0.39, 0.29) is 18.1 Å². The van der Waals surface area contributed by atoms with Gasteiger partial charge in [0.15, 0.2) is 0 Å². The molecule has 1 aliphatic heterocycles. The van der Waals surface area contributed by atoms with Gasteiger partial charge < -0.3 is 5.11 Å². The zero-order chi connectivity index (χ0) is 10.1. The molecule has 0 spiro atoms. The maximum atomic E-state index is 11.4. The normalized spacial score (nSPS) is 31.1. The van der Waals surface area contributed by atoms with Crippen LogP contribution in [0.4, 0.5) is 0 Å². The summed E-state index contributed by atoms with van der Waals surface area (Å²) < 4.78 is 0. The van der Waals surface area contributed by atoms with E-state index in [1.165, 1.54) is 5.06 Å². The molecule has 0 aromatic carbocycles. The third kappa shape index (κ3) is 2.42. The lowest BCUT2D eigenvalue weighted by Gasteiger charge is -2.23. The van der Waals surface area contributed by atoms with Gasteiger partial charge in [0.1, 0.15) is 5.60 Å². The van der Waals surface area contributed by atoms with Crippen LogP contribution < -0.4 is 0 Å². The van der Waals surface area contributed by atoms with Crippen molar-refractivity contribution in [3.8, 4) is 0 Å². The Hall–Kier alpha value is -0.610. The highest BCUT2D eigenvalue weighted by Gasteiger charge is 2.39. The van der Waals surface area contributed by atoms with Crippen LogP contribution in [0.1, 0.15) is 33.6 Å². The zero-order valence-corrected chi connectivity index (χ0v) is 8.41. The minimum absolute atomic E-state index is 0.0368. The van der Waals surface area contributed by atoms with Crippen LogP contribution in [0.3, 0.4) is 0 Å². The van der Waals surface area contributed by atoms with Gasteiger partial charge in [0.2, 0.25) is 5.91 Å². The summed E-state index contributed by atoms with van der Waals surface area (Å²) in [6, 6.07) is 0. The van der Waals surface area contributed by atoms with Gasteiger partial charge in [0.05, 0.1) is 19.1 Å². The summed E-state index contributed by atoms with van der Waals surface area (Å²) in [6.45, 7) is 5.79. The molecule has 1 amide bonds. The topological polar surface area (TPSA) is 49.8 Å². The van der Waals surface area contributed by atoms with E-state index in [0.717, 1.165) is 6.42 Å². The highest BCUT2D eigenvalue weighted by Crippen LogP contribution is 2.29. The first kappa shape index (κ1) is 10.5. The highest BCUT2D eigenvalue weighted by molar-refractivity contribution is 5.77. The summed E-state index contributed by atoms with van der Waals surface area (Å²) in [4.78, 5) is 16.8. The van der Waals surface area contributed by atoms with Gasteiger partial charge in [-0.1, -0.05) is 6.92 Å². The molecule has 1 N–H and O–H groups in total. The summed E-state index contributed by atoms with van der Waals surface area (Å²) >= 11 is 0. The fourth-order valence-corrected chi connectivity index (χ4v) is 1.33. The van der Waals surface area contributed by atoms with Gasteiger partial charge in [-0.25, -0.2) is 5.06 Å². The summed E-state index contributed by atoms with van der Waals surface area (Å²) in [5.74, 6) is -0.0368. The Morgan fingerprint density at radius 3 is 2.77 bits per heavy atom. The average Bonchev–Trinajstić information content (AvgIpc) is 2.27. The first-order valence-electron chi connectivity index (χ1n) is 4.64. The molecule has 0 saturated carbocycles. The van der Waals surface area contributed by atoms with Crippen LogP contribution in [0.25, 0.3) is 0 Å². The number of hydrogen-bond acceptors (Lipinski definition) is 3. The van der Waals surface area contributed by atoms with E-state index in [4.69, 9.17) is 9.94 Å². The molecule has 0 aromatic rings. The van der Waals surface area contributed by atoms with E-state index in [2.05, 4.69) is 0 Å². The third-order valence-corrected chi connectivity index (χ3v) is 2.31. The average molecular weight is 187 g/mol. The van der Waals surface area contributed by atoms with E-state index < -0.39 is 6.10 Å². The minimum Gasteiger partial charge on any atom is -0.391 e. The van der Waals surface area contributed by atoms with Gasteiger partial charge >= 0.3 is 0 Å². The second-order valence-electron chi connectivity index (χ2n) is 3.88. The number of hydroxylamine groups is 2. The molecule has 0 bridgehead atoms. The Balaban J connectivity index is 2.56. The van der Waals surface area contributed by atoms with Crippen molar-refractivity contribution in [2.24, 2.45) is 0 Å². The van der Waals surface area contributed by atoms with Crippen molar-refractivity contribution in [2.75, 3.05) is 6.54 Å². The van der Waals surface area contributed by atoms with Crippen molar-refractivity contribution >= 4 is 5.91 Å². The molecule has 0 aliphatic carbocycles. The maximum Gasteiger partial charge on any atom is 0.249 e. The maximum absolute atomic E-state index is 11.4. The number of amides is 1. The number of nitrogens with zero attached hydrogens (tertiary/aromatic N) is 1. The lowest BCUT2D eigenvalue weighted by molar-refractivity contribution is -0.202. The lowest BCUT2D eigenvalue weighted by Crippen LogP contribution is -2.32. The molecule has 2 unspecified atom stereocenters. The van der Waals surface area contributed by atoms with Crippen molar-refractivity contribution in [3.05, 3.63) is 0 Å². The van der Waals surface area contributed by atoms with Crippen LogP contribution in [-0.2, 0) is 9.63 Å². The molecule has 1 aliphatic rings. The number of rotatable bonds is 3. The van der Waals surface area contributed by atoms with E-state index in [9.17, 15) is 4.79 Å². The van der Waals surface area contributed by atoms with Crippen molar-refractivity contribution in [1.29, 1.82) is 0 Å². The van der Waals surface area contributed by atoms with Crippen LogP contribution in [0, 0.1) is 0 Å². The van der Waals surface area contributed by atoms with Gasteiger partial charge in [0.25, 0.3) is 0 Å². The minimum atomic E-state index is -0.539. The Morgan fingerprint density at radius 2 is 2.38 bits per heavy atom. The fraction of sp³-hybridized carbons (Fsp3) is 0.889. The second kappa shape index (κ2) is 3.64. The Kier molecular flexibility index (Phi) is 2.93. The molecule has 1 heterocycles. The SMILES string of the molecule is CCC1(C)CC(=O)N(CC(C)O)O1. The van der Waals surface area contributed by atoms with E-state index in [1.807, 2.05) is 13.8 Å². The number of β-amino-alcohol motifs (C(OH)–C–C–N with tert-alkyl or cyclic N) is 1. The summed E-state index contributed by atoms with van der Waals surface area (Å²) in [5, 5.41) is 10.4. The van der Waals surface area contributed by atoms with Crippen molar-refractivity contribution in [1.82, 2.24) is 5.06 Å². The summed E-state index contributed by atoms with van der Waals surface area (Å²) in [7, 11) is 0. The predicted octanol–water partition coefficient (Wildman–Crippen LogP) is 0.700. The quantitative estimate of drug-likeness (QED) is 0.707. The Labute approximate surface area is 78.4 Å². The highest BCUT2D eigenvalue weighted by atomic mass is 16.7. The smallest absolute Gasteiger partial charge is 0.249 e. The molecule has 1 fully saturated rings. The van der Waals surface area contributed by atoms with Gasteiger partial charge in [0, 0.05) is 0 Å². The third-order valence-electron chi connectivity index (χ3n) is 2.31. The van der Waals surface area contributed by atoms with Crippen molar-refractivity contribution in [2.45, 2.75) is 45.3 Å². The molecule has 0 radical (unpaired) electrons. The van der Waals surface area contributed by atoms with E-state index >= 15 is 0 Å². The molecular weight excluding hydrogens is 170 g/mol. The van der Waals surface area contributed by atoms with Gasteiger partial charge in [-0.2, -0.15) is 0 Å². The Bertz CT molecular complexity index is 205. The monoisotopic (exact) mass is 187 g/mol. The van der Waals surface area contributed by atoms with Crippen LogP contribution in [-0.4, -0.2) is 34.3 Å². The van der Waals surface area contributed by atoms with Crippen LogP contribution in [0.15, 0.2) is 0 Å². The first-order chi connectivity index (χ1) is 5.97. The molecule has 1 rings (SSSR count). The van der Waals surface area contributed by atoms with Crippen LogP contribution in [0.5, 0.6) is 0 Å². The summed E-state index contributed by atoms with van der Waals surface area (Å²) in [6.07, 6.45) is 0.675. The lowest BCUT2D eigenvalue weighted by atomic mass is 10.0. The van der Waals surface area contributed by atoms with Gasteiger partial charge in [-0.3, -0.25) is 9.63 Å². The standard InChI is InChI=1S/C9H17NO3/c1-4-9(3)5-8(12)10(13-9)6-7(2)11/h7,11H,4-6H2,1-3H3. The first-order valence-corrected chi connectivity index (χ1v) is 4.64. The molecule has 1 saturated heterocycles. The number of aliphatic hydroxyl groups excluding tert-OH is 1. The number of carbonyl (C=O) groups excluding carboxylic acids is 1. The molecule has 4 heteroatoms. The van der Waals surface area contributed by atoms with Crippen LogP contribution >= 0.6 is 0 Å². The molecule has 76 valence electrons. The molecule has 13 heavy (non-hydrogen) atoms. The van der Waals surface area contributed by atoms with Gasteiger partial charge in [-0.05, 0) is 20.3 Å². The largest absolute Gasteiger partial charge is 0.391 e. The van der Waals surface area contributed by atoms with E-state index in [0.29, 0.717) is 6.42 Å². The van der Waals surface area contributed by atoms with Crippen LogP contribution in [0.2, 0.25) is 0 Å². The Morgan fingerprint density at radius 1 is 1.77 bits per heavy atom. The summed E-state index contributed by atoms with van der Waals surface area (Å²) in [5.41, 5.74) is -0.369. The molecule has 4 nitrogen and oxygen atoms in total. The van der Waals surface area contributed by atoms with E-state index in [1.54, 1.807) is 6.92 Å². The number of aliphatic hydroxyl groups is 1. The molecular formula is C9H17NO3. The predicted molar refractivity (Wildman–Crippen MR) is 47.8 cm³/mol. The molecule has 0 aromatic heterocycles. The number of carbonyl (C=O) groups is 1. The van der Waals surface area contributed by atoms with Crippen molar-refractivity contribution in [3.63, 3.8) is 0 Å². The zero-order valence-electron chi connectivity index (χ0n) is 8.41. The number of hydrogen-bond donors (Lipinski definition) is 1.